The number of hydrazine groups is 1. The van der Waals surface area contributed by atoms with Crippen LogP contribution in [0.1, 0.15) is 48.8 Å². The molecule has 0 bridgehead atoms. The second-order valence-corrected chi connectivity index (χ2v) is 10.2. The van der Waals surface area contributed by atoms with Gasteiger partial charge in [0, 0.05) is 11.6 Å². The molecule has 0 saturated carbocycles. The van der Waals surface area contributed by atoms with E-state index in [4.69, 9.17) is 16.6 Å². The first-order chi connectivity index (χ1) is 14.4. The number of hydrogen-bond donors (Lipinski definition) is 1. The normalized spacial score (nSPS) is 24.8. The Balaban J connectivity index is 1.53. The third-order valence-electron chi connectivity index (χ3n) is 6.33. The van der Waals surface area contributed by atoms with Gasteiger partial charge in [-0.1, -0.05) is 48.4 Å². The molecule has 3 heterocycles. The van der Waals surface area contributed by atoms with Gasteiger partial charge in [0.1, 0.15) is 5.82 Å². The molecule has 5 rings (SSSR count). The smallest absolute Gasteiger partial charge is 0.126 e. The Kier molecular flexibility index (Phi) is 5.08. The molecule has 1 saturated heterocycles. The van der Waals surface area contributed by atoms with Crippen LogP contribution in [0.25, 0.3) is 16.7 Å². The number of benzene rings is 2. The Hall–Kier alpha value is -1.95. The maximum Gasteiger partial charge on any atom is 0.126 e. The topological polar surface area (TPSA) is 35.2 Å². The Labute approximate surface area is 187 Å². The van der Waals surface area contributed by atoms with Gasteiger partial charge in [0.2, 0.25) is 0 Å². The highest BCUT2D eigenvalue weighted by Crippen LogP contribution is 2.45. The SMILES string of the molecule is Cc1ccc(C2=CSC(C)N2N2CC[C@H](C)[C@H]2c2nc3cc(Cl)c(C)cc3[nH]2)cc1. The van der Waals surface area contributed by atoms with Gasteiger partial charge in [-0.05, 0) is 61.8 Å². The maximum absolute atomic E-state index is 6.35. The van der Waals surface area contributed by atoms with Crippen molar-refractivity contribution in [3.63, 3.8) is 0 Å². The summed E-state index contributed by atoms with van der Waals surface area (Å²) in [5, 5.41) is 8.43. The Morgan fingerprint density at radius 2 is 1.90 bits per heavy atom. The van der Waals surface area contributed by atoms with E-state index in [2.05, 4.69) is 71.5 Å². The highest BCUT2D eigenvalue weighted by Gasteiger charge is 2.42. The lowest BCUT2D eigenvalue weighted by Crippen LogP contribution is -2.43. The van der Waals surface area contributed by atoms with Crippen molar-refractivity contribution in [1.82, 2.24) is 20.0 Å². The van der Waals surface area contributed by atoms with E-state index < -0.39 is 0 Å². The number of aromatic nitrogens is 2. The highest BCUT2D eigenvalue weighted by atomic mass is 35.5. The Morgan fingerprint density at radius 3 is 2.67 bits per heavy atom. The molecule has 0 aliphatic carbocycles. The lowest BCUT2D eigenvalue weighted by atomic mass is 10.0. The number of hydrogen-bond acceptors (Lipinski definition) is 4. The molecule has 30 heavy (non-hydrogen) atoms. The minimum atomic E-state index is 0.214. The molecular weight excluding hydrogens is 412 g/mol. The van der Waals surface area contributed by atoms with E-state index in [-0.39, 0.29) is 6.04 Å². The van der Waals surface area contributed by atoms with Crippen molar-refractivity contribution in [3.8, 4) is 0 Å². The van der Waals surface area contributed by atoms with Crippen LogP contribution in [0.2, 0.25) is 5.02 Å². The summed E-state index contributed by atoms with van der Waals surface area (Å²) in [4.78, 5) is 8.57. The van der Waals surface area contributed by atoms with Crippen LogP contribution in [-0.4, -0.2) is 31.9 Å². The number of nitrogens with one attached hydrogen (secondary N) is 1. The van der Waals surface area contributed by atoms with Crippen molar-refractivity contribution in [2.75, 3.05) is 6.54 Å². The standard InChI is InChI=1S/C24H27ClN4S/c1-14-5-7-18(8-6-14)22-13-30-17(4)29(22)28-10-9-15(2)23(28)24-26-20-11-16(3)19(25)12-21(20)27-24/h5-8,11-13,15,17,23H,9-10H2,1-4H3,(H,26,27)/t15-,17?,23-/m0/s1. The fourth-order valence-corrected chi connectivity index (χ4v) is 5.70. The van der Waals surface area contributed by atoms with E-state index in [0.717, 1.165) is 40.4 Å². The van der Waals surface area contributed by atoms with E-state index in [0.29, 0.717) is 11.3 Å². The molecule has 6 heteroatoms. The molecule has 0 spiro atoms. The van der Waals surface area contributed by atoms with Gasteiger partial charge in [-0.25, -0.2) is 9.99 Å². The van der Waals surface area contributed by atoms with Crippen molar-refractivity contribution in [1.29, 1.82) is 0 Å². The zero-order chi connectivity index (χ0) is 21.0. The maximum atomic E-state index is 6.35. The molecule has 1 unspecified atom stereocenters. The van der Waals surface area contributed by atoms with Crippen molar-refractivity contribution in [3.05, 3.63) is 69.3 Å². The molecule has 1 aromatic heterocycles. The fraction of sp³-hybridized carbons (Fsp3) is 0.375. The molecule has 4 nitrogen and oxygen atoms in total. The predicted molar refractivity (Wildman–Crippen MR) is 127 cm³/mol. The Bertz CT molecular complexity index is 1080. The number of aryl methyl sites for hydroxylation is 2. The first-order valence-corrected chi connectivity index (χ1v) is 11.9. The summed E-state index contributed by atoms with van der Waals surface area (Å²) >= 11 is 8.23. The number of halogens is 1. The monoisotopic (exact) mass is 438 g/mol. The van der Waals surface area contributed by atoms with Crippen LogP contribution in [-0.2, 0) is 0 Å². The number of rotatable bonds is 3. The molecule has 1 N–H and O–H groups in total. The van der Waals surface area contributed by atoms with Gasteiger partial charge in [0.15, 0.2) is 0 Å². The second kappa shape index (κ2) is 7.63. The number of H-pyrrole nitrogens is 1. The first kappa shape index (κ1) is 20.0. The van der Waals surface area contributed by atoms with Crippen molar-refractivity contribution in [2.45, 2.75) is 45.5 Å². The predicted octanol–water partition coefficient (Wildman–Crippen LogP) is 6.52. The quantitative estimate of drug-likeness (QED) is 0.504. The van der Waals surface area contributed by atoms with Crippen LogP contribution in [0.3, 0.4) is 0 Å². The molecule has 156 valence electrons. The van der Waals surface area contributed by atoms with E-state index in [9.17, 15) is 0 Å². The van der Waals surface area contributed by atoms with Gasteiger partial charge in [-0.15, -0.1) is 11.8 Å². The van der Waals surface area contributed by atoms with E-state index in [1.54, 1.807) is 0 Å². The van der Waals surface area contributed by atoms with Crippen molar-refractivity contribution in [2.24, 2.45) is 5.92 Å². The Morgan fingerprint density at radius 1 is 1.13 bits per heavy atom. The average molecular weight is 439 g/mol. The summed E-state index contributed by atoms with van der Waals surface area (Å²) in [6, 6.07) is 13.1. The van der Waals surface area contributed by atoms with Gasteiger partial charge in [-0.3, -0.25) is 5.01 Å². The molecular formula is C24H27ClN4S. The fourth-order valence-electron chi connectivity index (χ4n) is 4.62. The summed E-state index contributed by atoms with van der Waals surface area (Å²) in [5.74, 6) is 1.54. The highest BCUT2D eigenvalue weighted by molar-refractivity contribution is 8.03. The van der Waals surface area contributed by atoms with E-state index in [1.807, 2.05) is 24.8 Å². The van der Waals surface area contributed by atoms with Gasteiger partial charge in [0.25, 0.3) is 0 Å². The molecule has 3 atom stereocenters. The molecule has 2 aromatic carbocycles. The molecule has 3 aromatic rings. The van der Waals surface area contributed by atoms with Crippen molar-refractivity contribution < 1.29 is 0 Å². The summed E-state index contributed by atoms with van der Waals surface area (Å²) in [6.07, 6.45) is 1.15. The van der Waals surface area contributed by atoms with E-state index >= 15 is 0 Å². The van der Waals surface area contributed by atoms with Gasteiger partial charge in [-0.2, -0.15) is 0 Å². The zero-order valence-corrected chi connectivity index (χ0v) is 19.4. The molecule has 2 aliphatic heterocycles. The zero-order valence-electron chi connectivity index (χ0n) is 17.8. The summed E-state index contributed by atoms with van der Waals surface area (Å²) in [7, 11) is 0. The summed E-state index contributed by atoms with van der Waals surface area (Å²) in [6.45, 7) is 9.81. The largest absolute Gasteiger partial charge is 0.341 e. The van der Waals surface area contributed by atoms with Crippen LogP contribution in [0.5, 0.6) is 0 Å². The number of aromatic amines is 1. The van der Waals surface area contributed by atoms with Crippen LogP contribution in [0.15, 0.2) is 41.8 Å². The van der Waals surface area contributed by atoms with Crippen molar-refractivity contribution >= 4 is 40.1 Å². The number of fused-ring (bicyclic) bond motifs is 1. The third kappa shape index (κ3) is 3.33. The summed E-state index contributed by atoms with van der Waals surface area (Å²) < 4.78 is 0. The molecule has 2 aliphatic rings. The number of nitrogens with zero attached hydrogens (tertiary/aromatic N) is 3. The third-order valence-corrected chi connectivity index (χ3v) is 7.69. The van der Waals surface area contributed by atoms with Crippen LogP contribution < -0.4 is 0 Å². The lowest BCUT2D eigenvalue weighted by Gasteiger charge is -2.39. The van der Waals surface area contributed by atoms with Gasteiger partial charge in [0.05, 0.1) is 28.1 Å². The number of thioether (sulfide) groups is 1. The first-order valence-electron chi connectivity index (χ1n) is 10.6. The van der Waals surface area contributed by atoms with Crippen LogP contribution in [0.4, 0.5) is 0 Å². The van der Waals surface area contributed by atoms with Crippen LogP contribution in [0, 0.1) is 19.8 Å². The van der Waals surface area contributed by atoms with Crippen LogP contribution >= 0.6 is 23.4 Å². The second-order valence-electron chi connectivity index (χ2n) is 8.56. The molecule has 0 radical (unpaired) electrons. The minimum Gasteiger partial charge on any atom is -0.341 e. The van der Waals surface area contributed by atoms with Gasteiger partial charge < -0.3 is 4.98 Å². The molecule has 1 fully saturated rings. The lowest BCUT2D eigenvalue weighted by molar-refractivity contribution is 0.00546. The van der Waals surface area contributed by atoms with E-state index in [1.165, 1.54) is 16.8 Å². The average Bonchev–Trinajstić information content (AvgIpc) is 3.39. The molecule has 0 amide bonds. The van der Waals surface area contributed by atoms with Gasteiger partial charge >= 0.3 is 0 Å². The minimum absolute atomic E-state index is 0.214. The number of imidazole rings is 1. The summed E-state index contributed by atoms with van der Waals surface area (Å²) in [5.41, 5.74) is 6.91.